The van der Waals surface area contributed by atoms with Crippen LogP contribution in [-0.2, 0) is 9.47 Å². The van der Waals surface area contributed by atoms with Crippen LogP contribution in [0.1, 0.15) is 20.7 Å². The molecule has 2 N–H and O–H groups in total. The van der Waals surface area contributed by atoms with Gasteiger partial charge in [-0.25, -0.2) is 4.79 Å². The van der Waals surface area contributed by atoms with Crippen molar-refractivity contribution in [1.82, 2.24) is 0 Å². The van der Waals surface area contributed by atoms with Gasteiger partial charge in [-0.2, -0.15) is 0 Å². The van der Waals surface area contributed by atoms with E-state index in [1.54, 1.807) is 0 Å². The SMILES string of the molecule is O=C(O[C@H]1[C@H](O)[C@@H](C(O)C(=O)c2ccc([N+](=O)[O-])cc2)O[C@@H]1Cl)c1ccc([N+](=O)[O-])cc1. The Morgan fingerprint density at radius 1 is 0.969 bits per heavy atom. The summed E-state index contributed by atoms with van der Waals surface area (Å²) in [6.45, 7) is 0. The fraction of sp³-hybridized carbons (Fsp3) is 0.263. The highest BCUT2D eigenvalue weighted by Crippen LogP contribution is 2.30. The number of non-ortho nitro benzene ring substituents is 2. The van der Waals surface area contributed by atoms with E-state index in [0.717, 1.165) is 48.5 Å². The zero-order valence-corrected chi connectivity index (χ0v) is 16.7. The molecular weight excluding hydrogens is 452 g/mol. The van der Waals surface area contributed by atoms with E-state index in [4.69, 9.17) is 21.1 Å². The third-order valence-electron chi connectivity index (χ3n) is 4.72. The van der Waals surface area contributed by atoms with Crippen LogP contribution in [0.25, 0.3) is 0 Å². The number of rotatable bonds is 7. The molecule has 0 saturated carbocycles. The van der Waals surface area contributed by atoms with Crippen LogP contribution in [0.2, 0.25) is 0 Å². The Hall–Kier alpha value is -3.45. The van der Waals surface area contributed by atoms with E-state index in [1.165, 1.54) is 0 Å². The lowest BCUT2D eigenvalue weighted by Crippen LogP contribution is -2.44. The Labute approximate surface area is 184 Å². The average Bonchev–Trinajstić information content (AvgIpc) is 3.06. The van der Waals surface area contributed by atoms with Crippen molar-refractivity contribution in [3.63, 3.8) is 0 Å². The summed E-state index contributed by atoms with van der Waals surface area (Å²) in [5, 5.41) is 42.2. The van der Waals surface area contributed by atoms with Gasteiger partial charge in [0.15, 0.2) is 17.5 Å². The summed E-state index contributed by atoms with van der Waals surface area (Å²) in [6.07, 6.45) is -6.59. The van der Waals surface area contributed by atoms with E-state index >= 15 is 0 Å². The molecule has 2 aromatic carbocycles. The molecule has 13 heteroatoms. The molecule has 5 atom stereocenters. The maximum atomic E-state index is 12.5. The number of Topliss-reactive ketones (excluding diaryl/α,β-unsaturated/α-hetero) is 1. The molecule has 32 heavy (non-hydrogen) atoms. The molecule has 1 fully saturated rings. The zero-order valence-electron chi connectivity index (χ0n) is 15.9. The molecule has 1 aliphatic rings. The zero-order chi connectivity index (χ0) is 23.6. The smallest absolute Gasteiger partial charge is 0.338 e. The van der Waals surface area contributed by atoms with Crippen molar-refractivity contribution in [2.24, 2.45) is 0 Å². The molecule has 0 bridgehead atoms. The Morgan fingerprint density at radius 2 is 1.44 bits per heavy atom. The average molecular weight is 467 g/mol. The monoisotopic (exact) mass is 466 g/mol. The minimum atomic E-state index is -1.91. The van der Waals surface area contributed by atoms with Crippen LogP contribution in [0.15, 0.2) is 48.5 Å². The Morgan fingerprint density at radius 3 is 1.91 bits per heavy atom. The molecular formula is C19H15ClN2O10. The van der Waals surface area contributed by atoms with Gasteiger partial charge >= 0.3 is 5.97 Å². The number of ether oxygens (including phenoxy) is 2. The van der Waals surface area contributed by atoms with Gasteiger partial charge in [-0.1, -0.05) is 11.6 Å². The van der Waals surface area contributed by atoms with E-state index in [-0.39, 0.29) is 22.5 Å². The predicted octanol–water partition coefficient (Wildman–Crippen LogP) is 1.60. The normalized spacial score (nSPS) is 23.3. The van der Waals surface area contributed by atoms with Crippen LogP contribution in [0.4, 0.5) is 11.4 Å². The number of carbonyl (C=O) groups is 2. The second-order valence-corrected chi connectivity index (χ2v) is 7.16. The first-order valence-electron chi connectivity index (χ1n) is 9.00. The van der Waals surface area contributed by atoms with Gasteiger partial charge in [0.05, 0.1) is 15.4 Å². The molecule has 1 aliphatic heterocycles. The minimum absolute atomic E-state index is 0.0578. The number of aliphatic hydroxyl groups is 2. The quantitative estimate of drug-likeness (QED) is 0.200. The molecule has 0 aromatic heterocycles. The fourth-order valence-electron chi connectivity index (χ4n) is 3.01. The number of ketones is 1. The predicted molar refractivity (Wildman–Crippen MR) is 106 cm³/mol. The summed E-state index contributed by atoms with van der Waals surface area (Å²) in [7, 11) is 0. The van der Waals surface area contributed by atoms with Crippen LogP contribution in [0.5, 0.6) is 0 Å². The number of nitro groups is 2. The van der Waals surface area contributed by atoms with Crippen molar-refractivity contribution in [3.05, 3.63) is 79.9 Å². The molecule has 0 spiro atoms. The highest BCUT2D eigenvalue weighted by molar-refractivity contribution is 6.20. The summed E-state index contributed by atoms with van der Waals surface area (Å²) >= 11 is 5.97. The first kappa shape index (κ1) is 23.2. The lowest BCUT2D eigenvalue weighted by Gasteiger charge is -2.21. The molecule has 1 unspecified atom stereocenters. The summed E-state index contributed by atoms with van der Waals surface area (Å²) in [4.78, 5) is 44.9. The first-order valence-corrected chi connectivity index (χ1v) is 9.43. The minimum Gasteiger partial charge on any atom is -0.452 e. The topological polar surface area (TPSA) is 179 Å². The van der Waals surface area contributed by atoms with Gasteiger partial charge < -0.3 is 19.7 Å². The lowest BCUT2D eigenvalue weighted by atomic mass is 9.98. The second kappa shape index (κ2) is 9.36. The molecule has 0 amide bonds. The number of nitrogens with zero attached hydrogens (tertiary/aromatic N) is 2. The van der Waals surface area contributed by atoms with Crippen LogP contribution < -0.4 is 0 Å². The van der Waals surface area contributed by atoms with Crippen LogP contribution in [-0.4, -0.2) is 61.8 Å². The van der Waals surface area contributed by atoms with Gasteiger partial charge in [-0.15, -0.1) is 0 Å². The van der Waals surface area contributed by atoms with Crippen LogP contribution in [0.3, 0.4) is 0 Å². The molecule has 1 saturated heterocycles. The number of alkyl halides is 1. The molecule has 168 valence electrons. The van der Waals surface area contributed by atoms with Crippen molar-refractivity contribution in [1.29, 1.82) is 0 Å². The lowest BCUT2D eigenvalue weighted by molar-refractivity contribution is -0.385. The molecule has 12 nitrogen and oxygen atoms in total. The number of carbonyl (C=O) groups excluding carboxylic acids is 2. The summed E-state index contributed by atoms with van der Waals surface area (Å²) in [6, 6.07) is 8.89. The van der Waals surface area contributed by atoms with Gasteiger partial charge in [0.1, 0.15) is 18.3 Å². The molecule has 1 heterocycles. The molecule has 2 aromatic rings. The van der Waals surface area contributed by atoms with E-state index in [9.17, 15) is 40.0 Å². The summed E-state index contributed by atoms with van der Waals surface area (Å²) in [5.41, 5.74) is -2.04. The second-order valence-electron chi connectivity index (χ2n) is 6.73. The number of aliphatic hydroxyl groups excluding tert-OH is 2. The van der Waals surface area contributed by atoms with E-state index < -0.39 is 51.6 Å². The summed E-state index contributed by atoms with van der Waals surface area (Å²) < 4.78 is 10.3. The van der Waals surface area contributed by atoms with Crippen LogP contribution >= 0.6 is 11.6 Å². The Balaban J connectivity index is 1.68. The number of halogens is 1. The van der Waals surface area contributed by atoms with Gasteiger partial charge in [0.25, 0.3) is 11.4 Å². The maximum Gasteiger partial charge on any atom is 0.338 e. The van der Waals surface area contributed by atoms with E-state index in [1.807, 2.05) is 0 Å². The first-order chi connectivity index (χ1) is 15.1. The number of hydrogen-bond donors (Lipinski definition) is 2. The van der Waals surface area contributed by atoms with Gasteiger partial charge in [-0.3, -0.25) is 25.0 Å². The number of nitro benzene ring substituents is 2. The highest BCUT2D eigenvalue weighted by atomic mass is 35.5. The Kier molecular flexibility index (Phi) is 6.79. The fourth-order valence-corrected chi connectivity index (χ4v) is 3.33. The van der Waals surface area contributed by atoms with Crippen molar-refractivity contribution < 1.29 is 39.1 Å². The largest absolute Gasteiger partial charge is 0.452 e. The van der Waals surface area contributed by atoms with E-state index in [2.05, 4.69) is 0 Å². The molecule has 0 aliphatic carbocycles. The number of benzene rings is 2. The van der Waals surface area contributed by atoms with E-state index in [0.29, 0.717) is 0 Å². The number of esters is 1. The van der Waals surface area contributed by atoms with Gasteiger partial charge in [-0.05, 0) is 24.3 Å². The van der Waals surface area contributed by atoms with Crippen molar-refractivity contribution in [3.8, 4) is 0 Å². The Bertz CT molecular complexity index is 1040. The number of hydrogen-bond acceptors (Lipinski definition) is 10. The molecule has 0 radical (unpaired) electrons. The summed E-state index contributed by atoms with van der Waals surface area (Å²) in [5.74, 6) is -1.86. The maximum absolute atomic E-state index is 12.5. The van der Waals surface area contributed by atoms with Crippen molar-refractivity contribution >= 4 is 34.7 Å². The third kappa shape index (κ3) is 4.73. The van der Waals surface area contributed by atoms with Crippen LogP contribution in [0, 0.1) is 20.2 Å². The van der Waals surface area contributed by atoms with Crippen molar-refractivity contribution in [2.75, 3.05) is 0 Å². The standard InChI is InChI=1S/C19H15ClN2O10/c20-18-17(32-19(26)10-3-7-12(8-4-10)22(29)30)15(25)16(31-18)14(24)13(23)9-1-5-11(6-2-9)21(27)28/h1-8,14-18,24-25H/t14?,15-,16-,17+,18+/m1/s1. The molecule has 3 rings (SSSR count). The van der Waals surface area contributed by atoms with Gasteiger partial charge in [0.2, 0.25) is 0 Å². The highest BCUT2D eigenvalue weighted by Gasteiger charge is 2.50. The van der Waals surface area contributed by atoms with Gasteiger partial charge in [0, 0.05) is 29.8 Å². The third-order valence-corrected chi connectivity index (χ3v) is 5.07. The van der Waals surface area contributed by atoms with Crippen molar-refractivity contribution in [2.45, 2.75) is 30.0 Å².